The van der Waals surface area contributed by atoms with Crippen LogP contribution in [0.4, 0.5) is 0 Å². The maximum atomic E-state index is 6.52. The summed E-state index contributed by atoms with van der Waals surface area (Å²) in [5, 5.41) is 10.6. The van der Waals surface area contributed by atoms with Crippen LogP contribution in [-0.4, -0.2) is 10.2 Å². The summed E-state index contributed by atoms with van der Waals surface area (Å²) in [5.41, 5.74) is 1.09. The van der Waals surface area contributed by atoms with Crippen molar-refractivity contribution in [3.8, 4) is 0 Å². The zero-order valence-electron chi connectivity index (χ0n) is 12.2. The Morgan fingerprint density at radius 3 is 2.48 bits per heavy atom. The molecule has 1 aromatic heterocycles. The molecule has 21 heavy (non-hydrogen) atoms. The number of halogens is 1. The van der Waals surface area contributed by atoms with E-state index in [9.17, 15) is 0 Å². The molecule has 1 heterocycles. The molecule has 0 saturated heterocycles. The lowest BCUT2D eigenvalue weighted by Crippen LogP contribution is -2.02. The van der Waals surface area contributed by atoms with Gasteiger partial charge in [-0.15, -0.1) is 21.8 Å². The van der Waals surface area contributed by atoms with Gasteiger partial charge in [0.05, 0.1) is 0 Å². The first-order valence-corrected chi connectivity index (χ1v) is 9.09. The first-order chi connectivity index (χ1) is 10.3. The molecule has 0 bridgehead atoms. The predicted molar refractivity (Wildman–Crippen MR) is 88.9 cm³/mol. The predicted octanol–water partition coefficient (Wildman–Crippen LogP) is 5.38. The molecule has 0 aliphatic heterocycles. The zero-order valence-corrected chi connectivity index (χ0v) is 13.7. The van der Waals surface area contributed by atoms with E-state index in [0.29, 0.717) is 0 Å². The highest BCUT2D eigenvalue weighted by Gasteiger charge is 2.19. The van der Waals surface area contributed by atoms with E-state index in [2.05, 4.69) is 10.2 Å². The molecule has 4 heteroatoms. The van der Waals surface area contributed by atoms with E-state index in [1.165, 1.54) is 38.5 Å². The first kappa shape index (κ1) is 15.0. The Bertz CT molecular complexity index is 547. The highest BCUT2D eigenvalue weighted by Crippen LogP contribution is 2.32. The van der Waals surface area contributed by atoms with Gasteiger partial charge in [-0.3, -0.25) is 0 Å². The molecule has 1 unspecified atom stereocenters. The fraction of sp³-hybridized carbons (Fsp3) is 0.529. The van der Waals surface area contributed by atoms with Gasteiger partial charge in [-0.05, 0) is 11.5 Å². The minimum absolute atomic E-state index is 0.174. The SMILES string of the molecule is ClC(c1ccccc1)c1nnc(CC2CCCCCC2)s1. The van der Waals surface area contributed by atoms with Crippen molar-refractivity contribution in [3.05, 3.63) is 45.9 Å². The largest absolute Gasteiger partial charge is 0.143 e. The van der Waals surface area contributed by atoms with Crippen LogP contribution in [0.3, 0.4) is 0 Å². The molecule has 0 spiro atoms. The maximum Gasteiger partial charge on any atom is 0.139 e. The molecule has 3 rings (SSSR count). The third-order valence-electron chi connectivity index (χ3n) is 4.23. The molecule has 112 valence electrons. The number of hydrogen-bond acceptors (Lipinski definition) is 3. The smallest absolute Gasteiger partial charge is 0.139 e. The summed E-state index contributed by atoms with van der Waals surface area (Å²) in [6.45, 7) is 0. The third kappa shape index (κ3) is 4.04. The number of hydrogen-bond donors (Lipinski definition) is 0. The van der Waals surface area contributed by atoms with Gasteiger partial charge in [0.15, 0.2) is 0 Å². The van der Waals surface area contributed by atoms with E-state index in [1.54, 1.807) is 11.3 Å². The van der Waals surface area contributed by atoms with E-state index >= 15 is 0 Å². The molecular formula is C17H21ClN2S. The van der Waals surface area contributed by atoms with Crippen molar-refractivity contribution < 1.29 is 0 Å². The Hall–Kier alpha value is -0.930. The second-order valence-electron chi connectivity index (χ2n) is 5.87. The van der Waals surface area contributed by atoms with Crippen molar-refractivity contribution in [1.29, 1.82) is 0 Å². The molecule has 1 aliphatic rings. The minimum atomic E-state index is -0.174. The summed E-state index contributed by atoms with van der Waals surface area (Å²) in [5.74, 6) is 0.791. The second kappa shape index (κ2) is 7.37. The van der Waals surface area contributed by atoms with Gasteiger partial charge >= 0.3 is 0 Å². The highest BCUT2D eigenvalue weighted by atomic mass is 35.5. The van der Waals surface area contributed by atoms with Crippen molar-refractivity contribution in [2.75, 3.05) is 0 Å². The molecule has 2 aromatic rings. The molecule has 1 aromatic carbocycles. The van der Waals surface area contributed by atoms with E-state index in [4.69, 9.17) is 11.6 Å². The van der Waals surface area contributed by atoms with Gasteiger partial charge < -0.3 is 0 Å². The number of nitrogens with zero attached hydrogens (tertiary/aromatic N) is 2. The lowest BCUT2D eigenvalue weighted by Gasteiger charge is -2.10. The lowest BCUT2D eigenvalue weighted by atomic mass is 9.97. The van der Waals surface area contributed by atoms with Gasteiger partial charge in [0.25, 0.3) is 0 Å². The van der Waals surface area contributed by atoms with Gasteiger partial charge in [0, 0.05) is 6.42 Å². The summed E-state index contributed by atoms with van der Waals surface area (Å²) in [7, 11) is 0. The fourth-order valence-electron chi connectivity index (χ4n) is 3.03. The Kier molecular flexibility index (Phi) is 5.26. The van der Waals surface area contributed by atoms with Crippen LogP contribution < -0.4 is 0 Å². The number of aromatic nitrogens is 2. The molecule has 0 N–H and O–H groups in total. The van der Waals surface area contributed by atoms with Crippen LogP contribution in [0.25, 0.3) is 0 Å². The van der Waals surface area contributed by atoms with Gasteiger partial charge in [-0.2, -0.15) is 0 Å². The standard InChI is InChI=1S/C17H21ClN2S/c18-16(14-10-6-3-7-11-14)17-20-19-15(21-17)12-13-8-4-1-2-5-9-13/h3,6-7,10-11,13,16H,1-2,4-5,8-9,12H2. The monoisotopic (exact) mass is 320 g/mol. The molecule has 2 nitrogen and oxygen atoms in total. The van der Waals surface area contributed by atoms with Crippen LogP contribution in [0, 0.1) is 5.92 Å². The highest BCUT2D eigenvalue weighted by molar-refractivity contribution is 7.11. The van der Waals surface area contributed by atoms with Crippen molar-refractivity contribution in [2.45, 2.75) is 50.3 Å². The van der Waals surface area contributed by atoms with Gasteiger partial charge in [-0.1, -0.05) is 80.2 Å². The summed E-state index contributed by atoms with van der Waals surface area (Å²) < 4.78 is 0. The van der Waals surface area contributed by atoms with E-state index in [1.807, 2.05) is 30.3 Å². The topological polar surface area (TPSA) is 25.8 Å². The van der Waals surface area contributed by atoms with E-state index in [0.717, 1.165) is 27.9 Å². The number of rotatable bonds is 4. The lowest BCUT2D eigenvalue weighted by molar-refractivity contribution is 0.456. The van der Waals surface area contributed by atoms with Crippen LogP contribution in [0.2, 0.25) is 0 Å². The normalized spacial score (nSPS) is 18.3. The third-order valence-corrected chi connectivity index (χ3v) is 5.83. The average Bonchev–Trinajstić information content (AvgIpc) is 2.83. The zero-order chi connectivity index (χ0) is 14.5. The van der Waals surface area contributed by atoms with Crippen molar-refractivity contribution in [3.63, 3.8) is 0 Å². The second-order valence-corrected chi connectivity index (χ2v) is 7.40. The van der Waals surface area contributed by atoms with Gasteiger partial charge in [-0.25, -0.2) is 0 Å². The van der Waals surface area contributed by atoms with Crippen molar-refractivity contribution in [2.24, 2.45) is 5.92 Å². The Morgan fingerprint density at radius 1 is 1.05 bits per heavy atom. The molecule has 0 radical (unpaired) electrons. The number of benzene rings is 1. The van der Waals surface area contributed by atoms with Crippen LogP contribution in [0.1, 0.15) is 59.5 Å². The Labute approximate surface area is 135 Å². The van der Waals surface area contributed by atoms with Crippen LogP contribution in [0.5, 0.6) is 0 Å². The summed E-state index contributed by atoms with van der Waals surface area (Å²) in [6, 6.07) is 10.1. The first-order valence-electron chi connectivity index (χ1n) is 7.84. The van der Waals surface area contributed by atoms with E-state index < -0.39 is 0 Å². The van der Waals surface area contributed by atoms with Crippen LogP contribution >= 0.6 is 22.9 Å². The summed E-state index contributed by atoms with van der Waals surface area (Å²) >= 11 is 8.20. The van der Waals surface area contributed by atoms with Crippen LogP contribution in [-0.2, 0) is 6.42 Å². The Balaban J connectivity index is 1.65. The fourth-order valence-corrected chi connectivity index (χ4v) is 4.32. The summed E-state index contributed by atoms with van der Waals surface area (Å²) in [6.07, 6.45) is 9.31. The minimum Gasteiger partial charge on any atom is -0.143 e. The molecule has 1 fully saturated rings. The van der Waals surface area contributed by atoms with Gasteiger partial charge in [0.2, 0.25) is 0 Å². The van der Waals surface area contributed by atoms with Gasteiger partial charge in [0.1, 0.15) is 15.4 Å². The van der Waals surface area contributed by atoms with Crippen LogP contribution in [0.15, 0.2) is 30.3 Å². The average molecular weight is 321 g/mol. The quantitative estimate of drug-likeness (QED) is 0.558. The van der Waals surface area contributed by atoms with E-state index in [-0.39, 0.29) is 5.38 Å². The molecule has 1 aliphatic carbocycles. The molecule has 1 saturated carbocycles. The summed E-state index contributed by atoms with van der Waals surface area (Å²) in [4.78, 5) is 0. The van der Waals surface area contributed by atoms with Crippen molar-refractivity contribution >= 4 is 22.9 Å². The Morgan fingerprint density at radius 2 is 1.76 bits per heavy atom. The maximum absolute atomic E-state index is 6.52. The number of alkyl halides is 1. The molecular weight excluding hydrogens is 300 g/mol. The molecule has 1 atom stereocenters. The van der Waals surface area contributed by atoms with Crippen molar-refractivity contribution in [1.82, 2.24) is 10.2 Å². The molecule has 0 amide bonds.